The lowest BCUT2D eigenvalue weighted by atomic mass is 10.1. The zero-order chi connectivity index (χ0) is 26.2. The summed E-state index contributed by atoms with van der Waals surface area (Å²) in [7, 11) is 0. The Balaban J connectivity index is 1.37. The van der Waals surface area contributed by atoms with E-state index in [2.05, 4.69) is 9.98 Å². The van der Waals surface area contributed by atoms with Crippen LogP contribution < -0.4 is 18.9 Å². The number of hydrogen-bond acceptors (Lipinski definition) is 10. The van der Waals surface area contributed by atoms with Crippen molar-refractivity contribution in [2.75, 3.05) is 13.6 Å². The summed E-state index contributed by atoms with van der Waals surface area (Å²) in [5, 5.41) is 24.6. The first-order chi connectivity index (χ1) is 18.5. The van der Waals surface area contributed by atoms with Crippen LogP contribution in [0.5, 0.6) is 23.0 Å². The van der Waals surface area contributed by atoms with E-state index in [1.807, 2.05) is 12.1 Å². The number of nitro benzene ring substituents is 2. The minimum Gasteiger partial charge on any atom is -0.454 e. The molecule has 38 heavy (non-hydrogen) atoms. The van der Waals surface area contributed by atoms with Crippen LogP contribution in [0.2, 0.25) is 0 Å². The minimum atomic E-state index is -0.505. The van der Waals surface area contributed by atoms with E-state index in [1.54, 1.807) is 24.3 Å². The maximum atomic E-state index is 11.6. The number of nitrogens with zero attached hydrogens (tertiary/aromatic N) is 4. The lowest BCUT2D eigenvalue weighted by molar-refractivity contribution is -0.385. The molecule has 4 aromatic rings. The third kappa shape index (κ3) is 4.09. The summed E-state index contributed by atoms with van der Waals surface area (Å²) in [4.78, 5) is 31.2. The maximum absolute atomic E-state index is 11.6. The Labute approximate surface area is 213 Å². The number of hydrogen-bond donors (Lipinski definition) is 0. The van der Waals surface area contributed by atoms with Gasteiger partial charge in [0, 0.05) is 23.2 Å². The molecule has 0 N–H and O–H groups in total. The molecule has 0 bridgehead atoms. The Hall–Kier alpha value is -5.52. The fourth-order valence-electron chi connectivity index (χ4n) is 4.20. The molecule has 0 radical (unpaired) electrons. The molecule has 2 aliphatic rings. The Morgan fingerprint density at radius 1 is 0.632 bits per heavy atom. The normalized spacial score (nSPS) is 13.6. The van der Waals surface area contributed by atoms with Crippen LogP contribution in [-0.2, 0) is 0 Å². The summed E-state index contributed by atoms with van der Waals surface area (Å²) in [6, 6.07) is 16.5. The van der Waals surface area contributed by atoms with Crippen molar-refractivity contribution in [3.05, 3.63) is 92.0 Å². The monoisotopic (exact) mass is 512 g/mol. The van der Waals surface area contributed by atoms with Crippen LogP contribution in [0.15, 0.2) is 70.6 Å². The van der Waals surface area contributed by atoms with Gasteiger partial charge in [0.2, 0.25) is 13.6 Å². The predicted octanol–water partition coefficient (Wildman–Crippen LogP) is 5.61. The van der Waals surface area contributed by atoms with Crippen molar-refractivity contribution >= 4 is 46.0 Å². The van der Waals surface area contributed by atoms with E-state index in [0.29, 0.717) is 34.4 Å². The van der Waals surface area contributed by atoms with Gasteiger partial charge < -0.3 is 18.9 Å². The highest BCUT2D eigenvalue weighted by molar-refractivity contribution is 6.03. The number of nitro groups is 2. The van der Waals surface area contributed by atoms with Crippen LogP contribution in [0.1, 0.15) is 11.1 Å². The zero-order valence-corrected chi connectivity index (χ0v) is 19.4. The molecule has 2 heterocycles. The summed E-state index contributed by atoms with van der Waals surface area (Å²) in [6.45, 7) is -0.00969. The summed E-state index contributed by atoms with van der Waals surface area (Å²) in [6.07, 6.45) is 2.81. The molecule has 0 unspecified atom stereocenters. The lowest BCUT2D eigenvalue weighted by Gasteiger charge is -2.06. The van der Waals surface area contributed by atoms with Gasteiger partial charge in [-0.25, -0.2) is 0 Å². The summed E-state index contributed by atoms with van der Waals surface area (Å²) < 4.78 is 21.2. The van der Waals surface area contributed by atoms with Crippen molar-refractivity contribution in [1.29, 1.82) is 0 Å². The first-order valence-corrected chi connectivity index (χ1v) is 11.2. The molecular weight excluding hydrogens is 496 g/mol. The second-order valence-corrected chi connectivity index (χ2v) is 8.21. The number of aliphatic imine (C=N–C) groups is 2. The molecular formula is C26H16N4O8. The van der Waals surface area contributed by atoms with Gasteiger partial charge in [-0.2, -0.15) is 0 Å². The first-order valence-electron chi connectivity index (χ1n) is 11.2. The van der Waals surface area contributed by atoms with E-state index >= 15 is 0 Å². The molecule has 188 valence electrons. The van der Waals surface area contributed by atoms with Gasteiger partial charge in [0.05, 0.1) is 44.5 Å². The van der Waals surface area contributed by atoms with Crippen LogP contribution in [0, 0.1) is 20.2 Å². The summed E-state index contributed by atoms with van der Waals surface area (Å²) >= 11 is 0. The summed E-state index contributed by atoms with van der Waals surface area (Å²) in [5.41, 5.74) is 1.32. The third-order valence-electron chi connectivity index (χ3n) is 6.00. The molecule has 12 nitrogen and oxygen atoms in total. The van der Waals surface area contributed by atoms with Gasteiger partial charge in [-0.15, -0.1) is 0 Å². The van der Waals surface area contributed by atoms with Gasteiger partial charge >= 0.3 is 0 Å². The van der Waals surface area contributed by atoms with Crippen molar-refractivity contribution < 1.29 is 28.8 Å². The number of fused-ring (bicyclic) bond motifs is 3. The predicted molar refractivity (Wildman–Crippen MR) is 137 cm³/mol. The van der Waals surface area contributed by atoms with Gasteiger partial charge in [-0.1, -0.05) is 24.3 Å². The van der Waals surface area contributed by atoms with Gasteiger partial charge in [0.15, 0.2) is 23.0 Å². The van der Waals surface area contributed by atoms with Crippen LogP contribution in [-0.4, -0.2) is 35.9 Å². The molecule has 0 spiro atoms. The quantitative estimate of drug-likeness (QED) is 0.184. The fraction of sp³-hybridized carbons (Fsp3) is 0.0769. The smallest absolute Gasteiger partial charge is 0.282 e. The molecule has 0 aliphatic carbocycles. The second-order valence-electron chi connectivity index (χ2n) is 8.21. The highest BCUT2D eigenvalue weighted by atomic mass is 16.7. The molecule has 0 amide bonds. The number of benzene rings is 4. The van der Waals surface area contributed by atoms with Gasteiger partial charge in [0.25, 0.3) is 11.4 Å². The molecule has 0 fully saturated rings. The van der Waals surface area contributed by atoms with E-state index in [9.17, 15) is 20.2 Å². The van der Waals surface area contributed by atoms with E-state index in [0.717, 1.165) is 10.8 Å². The largest absolute Gasteiger partial charge is 0.454 e. The van der Waals surface area contributed by atoms with E-state index in [-0.39, 0.29) is 36.1 Å². The zero-order valence-electron chi connectivity index (χ0n) is 19.4. The molecule has 12 heteroatoms. The van der Waals surface area contributed by atoms with Crippen molar-refractivity contribution in [1.82, 2.24) is 0 Å². The van der Waals surface area contributed by atoms with Crippen molar-refractivity contribution in [2.24, 2.45) is 9.98 Å². The molecule has 6 rings (SSSR count). The van der Waals surface area contributed by atoms with E-state index < -0.39 is 9.85 Å². The minimum absolute atomic E-state index is 0.00484. The average molecular weight is 512 g/mol. The average Bonchev–Trinajstić information content (AvgIpc) is 3.57. The Morgan fingerprint density at radius 2 is 1.03 bits per heavy atom. The molecule has 0 saturated heterocycles. The van der Waals surface area contributed by atoms with Gasteiger partial charge in [0.1, 0.15) is 0 Å². The highest BCUT2D eigenvalue weighted by Crippen LogP contribution is 2.39. The Bertz CT molecular complexity index is 1570. The molecule has 2 aliphatic heterocycles. The third-order valence-corrected chi connectivity index (χ3v) is 6.00. The SMILES string of the molecule is O=[N+]([O-])c1cc2c(cc1C=Nc1cccc3c(N=Cc4cc5c(cc4[N+](=O)[O-])OCO5)cccc13)OCO2. The Morgan fingerprint density at radius 3 is 1.42 bits per heavy atom. The topological polar surface area (TPSA) is 148 Å². The van der Waals surface area contributed by atoms with Crippen LogP contribution in [0.3, 0.4) is 0 Å². The van der Waals surface area contributed by atoms with Crippen LogP contribution >= 0.6 is 0 Å². The van der Waals surface area contributed by atoms with Gasteiger partial charge in [-0.05, 0) is 24.3 Å². The van der Waals surface area contributed by atoms with E-state index in [4.69, 9.17) is 18.9 Å². The number of rotatable bonds is 6. The second kappa shape index (κ2) is 9.17. The standard InChI is InChI=1S/C26H16N4O8/c31-29(32)21-9-25-23(35-13-37-25)7-15(21)11-27-19-5-1-3-17-18(19)4-2-6-20(17)28-12-16-8-24-26(38-14-36-24)10-22(16)30(33)34/h1-12H,13-14H2. The Kier molecular flexibility index (Phi) is 5.53. The molecule has 0 saturated carbocycles. The molecule has 0 atom stereocenters. The maximum Gasteiger partial charge on any atom is 0.282 e. The highest BCUT2D eigenvalue weighted by Gasteiger charge is 2.23. The van der Waals surface area contributed by atoms with Crippen molar-refractivity contribution in [3.8, 4) is 23.0 Å². The first kappa shape index (κ1) is 22.9. The van der Waals surface area contributed by atoms with Crippen molar-refractivity contribution in [3.63, 3.8) is 0 Å². The molecule has 0 aromatic heterocycles. The van der Waals surface area contributed by atoms with E-state index in [1.165, 1.54) is 36.7 Å². The van der Waals surface area contributed by atoms with Crippen LogP contribution in [0.25, 0.3) is 10.8 Å². The van der Waals surface area contributed by atoms with Crippen molar-refractivity contribution in [2.45, 2.75) is 0 Å². The fourth-order valence-corrected chi connectivity index (χ4v) is 4.20. The number of ether oxygens (including phenoxy) is 4. The molecule has 4 aromatic carbocycles. The summed E-state index contributed by atoms with van der Waals surface area (Å²) in [5.74, 6) is 1.43. The van der Waals surface area contributed by atoms with Gasteiger partial charge in [-0.3, -0.25) is 30.2 Å². The lowest BCUT2D eigenvalue weighted by Crippen LogP contribution is -1.95. The van der Waals surface area contributed by atoms with Crippen LogP contribution in [0.4, 0.5) is 22.7 Å².